The lowest BCUT2D eigenvalue weighted by Gasteiger charge is -2.15. The van der Waals surface area contributed by atoms with Crippen LogP contribution in [-0.2, 0) is 0 Å². The summed E-state index contributed by atoms with van der Waals surface area (Å²) in [5, 5.41) is 0.723. The molecule has 5 heteroatoms. The van der Waals surface area contributed by atoms with Crippen LogP contribution in [0.1, 0.15) is 12.5 Å². The van der Waals surface area contributed by atoms with E-state index in [4.69, 9.17) is 17.3 Å². The van der Waals surface area contributed by atoms with Gasteiger partial charge in [0.1, 0.15) is 0 Å². The second-order valence-corrected chi connectivity index (χ2v) is 5.06. The number of likely N-dealkylation sites (N-methyl/N-ethyl adjacent to an activating group) is 1. The second kappa shape index (κ2) is 3.89. The fourth-order valence-electron chi connectivity index (χ4n) is 2.62. The highest BCUT2D eigenvalue weighted by Gasteiger charge is 2.25. The van der Waals surface area contributed by atoms with E-state index < -0.39 is 0 Å². The van der Waals surface area contributed by atoms with Gasteiger partial charge in [0, 0.05) is 6.54 Å². The number of nitrogens with two attached hydrogens (primary N) is 1. The summed E-state index contributed by atoms with van der Waals surface area (Å²) in [5.74, 6) is 0.563. The Morgan fingerprint density at radius 3 is 3.00 bits per heavy atom. The SMILES string of the molecule is CN1CCC(n2c(N)nc3cccc(Cl)c32)C1. The molecule has 1 aliphatic heterocycles. The van der Waals surface area contributed by atoms with Gasteiger partial charge in [-0.3, -0.25) is 0 Å². The number of imidazole rings is 1. The van der Waals surface area contributed by atoms with Crippen LogP contribution in [0, 0.1) is 0 Å². The first-order valence-corrected chi connectivity index (χ1v) is 6.15. The van der Waals surface area contributed by atoms with Gasteiger partial charge in [-0.2, -0.15) is 0 Å². The van der Waals surface area contributed by atoms with Crippen molar-refractivity contribution < 1.29 is 0 Å². The van der Waals surface area contributed by atoms with Gasteiger partial charge >= 0.3 is 0 Å². The van der Waals surface area contributed by atoms with E-state index in [9.17, 15) is 0 Å². The minimum Gasteiger partial charge on any atom is -0.369 e. The molecule has 0 aliphatic carbocycles. The fraction of sp³-hybridized carbons (Fsp3) is 0.417. The van der Waals surface area contributed by atoms with Gasteiger partial charge in [0.25, 0.3) is 0 Å². The maximum absolute atomic E-state index is 6.26. The molecule has 1 aromatic heterocycles. The molecule has 17 heavy (non-hydrogen) atoms. The van der Waals surface area contributed by atoms with Crippen LogP contribution in [0.5, 0.6) is 0 Å². The Morgan fingerprint density at radius 1 is 1.47 bits per heavy atom. The molecule has 0 radical (unpaired) electrons. The molecule has 0 saturated carbocycles. The average molecular weight is 251 g/mol. The third kappa shape index (κ3) is 1.68. The highest BCUT2D eigenvalue weighted by Crippen LogP contribution is 2.32. The van der Waals surface area contributed by atoms with Crippen molar-refractivity contribution in [3.63, 3.8) is 0 Å². The lowest BCUT2D eigenvalue weighted by Crippen LogP contribution is -2.17. The van der Waals surface area contributed by atoms with Gasteiger partial charge in [0.05, 0.1) is 22.1 Å². The van der Waals surface area contributed by atoms with Gasteiger partial charge < -0.3 is 15.2 Å². The smallest absolute Gasteiger partial charge is 0.201 e. The molecule has 2 N–H and O–H groups in total. The lowest BCUT2D eigenvalue weighted by molar-refractivity contribution is 0.396. The summed E-state index contributed by atoms with van der Waals surface area (Å²) in [6, 6.07) is 6.12. The topological polar surface area (TPSA) is 47.1 Å². The highest BCUT2D eigenvalue weighted by atomic mass is 35.5. The lowest BCUT2D eigenvalue weighted by atomic mass is 10.2. The van der Waals surface area contributed by atoms with Crippen LogP contribution in [0.25, 0.3) is 11.0 Å². The molecule has 4 nitrogen and oxygen atoms in total. The van der Waals surface area contributed by atoms with Crippen molar-refractivity contribution in [1.82, 2.24) is 14.5 Å². The third-order valence-electron chi connectivity index (χ3n) is 3.42. The Bertz CT molecular complexity index is 563. The van der Waals surface area contributed by atoms with E-state index in [-0.39, 0.29) is 0 Å². The number of nitrogen functional groups attached to an aromatic ring is 1. The number of rotatable bonds is 1. The first kappa shape index (κ1) is 10.9. The molecule has 1 fully saturated rings. The molecule has 1 aliphatic rings. The first-order valence-electron chi connectivity index (χ1n) is 5.77. The zero-order valence-electron chi connectivity index (χ0n) is 9.73. The summed E-state index contributed by atoms with van der Waals surface area (Å²) < 4.78 is 2.08. The van der Waals surface area contributed by atoms with Gasteiger partial charge in [-0.05, 0) is 32.1 Å². The maximum atomic E-state index is 6.26. The van der Waals surface area contributed by atoms with Crippen LogP contribution in [-0.4, -0.2) is 34.6 Å². The molecule has 2 aromatic rings. The number of nitrogens with zero attached hydrogens (tertiary/aromatic N) is 3. The van der Waals surface area contributed by atoms with Crippen LogP contribution in [0.3, 0.4) is 0 Å². The second-order valence-electron chi connectivity index (χ2n) is 4.65. The molecule has 1 saturated heterocycles. The number of likely N-dealkylation sites (tertiary alicyclic amines) is 1. The molecule has 0 bridgehead atoms. The summed E-state index contributed by atoms with van der Waals surface area (Å²) in [4.78, 5) is 6.68. The van der Waals surface area contributed by atoms with Crippen molar-refractivity contribution in [3.8, 4) is 0 Å². The summed E-state index contributed by atoms with van der Waals surface area (Å²) >= 11 is 6.26. The molecular weight excluding hydrogens is 236 g/mol. The van der Waals surface area contributed by atoms with Gasteiger partial charge in [-0.15, -0.1) is 0 Å². The van der Waals surface area contributed by atoms with Crippen LogP contribution in [0.2, 0.25) is 5.02 Å². The molecular formula is C12H15ClN4. The number of para-hydroxylation sites is 1. The minimum atomic E-state index is 0.380. The molecule has 90 valence electrons. The summed E-state index contributed by atoms with van der Waals surface area (Å²) in [6.45, 7) is 2.09. The zero-order chi connectivity index (χ0) is 12.0. The predicted molar refractivity (Wildman–Crippen MR) is 70.3 cm³/mol. The van der Waals surface area contributed by atoms with E-state index in [1.165, 1.54) is 0 Å². The van der Waals surface area contributed by atoms with Crippen molar-refractivity contribution >= 4 is 28.6 Å². The van der Waals surface area contributed by atoms with E-state index >= 15 is 0 Å². The number of hydrogen-bond donors (Lipinski definition) is 1. The molecule has 3 rings (SSSR count). The van der Waals surface area contributed by atoms with Gasteiger partial charge in [0.2, 0.25) is 5.95 Å². The van der Waals surface area contributed by atoms with Crippen molar-refractivity contribution in [3.05, 3.63) is 23.2 Å². The number of benzene rings is 1. The van der Waals surface area contributed by atoms with Gasteiger partial charge in [-0.1, -0.05) is 17.7 Å². The number of hydrogen-bond acceptors (Lipinski definition) is 3. The van der Waals surface area contributed by atoms with Crippen molar-refractivity contribution in [2.24, 2.45) is 0 Å². The van der Waals surface area contributed by atoms with Crippen LogP contribution in [0.15, 0.2) is 18.2 Å². The first-order chi connectivity index (χ1) is 8.16. The van der Waals surface area contributed by atoms with E-state index in [2.05, 4.69) is 21.5 Å². The Balaban J connectivity index is 2.18. The van der Waals surface area contributed by atoms with E-state index in [1.54, 1.807) is 0 Å². The molecule has 0 amide bonds. The van der Waals surface area contributed by atoms with Crippen molar-refractivity contribution in [2.75, 3.05) is 25.9 Å². The number of halogens is 1. The Hall–Kier alpha value is -1.26. The predicted octanol–water partition coefficient (Wildman–Crippen LogP) is 2.15. The number of anilines is 1. The maximum Gasteiger partial charge on any atom is 0.201 e. The Kier molecular flexibility index (Phi) is 2.49. The summed E-state index contributed by atoms with van der Waals surface area (Å²) in [7, 11) is 2.12. The van der Waals surface area contributed by atoms with Gasteiger partial charge in [-0.25, -0.2) is 4.98 Å². The normalized spacial score (nSPS) is 21.4. The molecule has 1 aromatic carbocycles. The third-order valence-corrected chi connectivity index (χ3v) is 3.72. The molecule has 1 unspecified atom stereocenters. The summed E-state index contributed by atoms with van der Waals surface area (Å²) in [5.41, 5.74) is 7.87. The van der Waals surface area contributed by atoms with Gasteiger partial charge in [0.15, 0.2) is 0 Å². The number of aromatic nitrogens is 2. The van der Waals surface area contributed by atoms with Crippen LogP contribution in [0.4, 0.5) is 5.95 Å². The fourth-order valence-corrected chi connectivity index (χ4v) is 2.88. The highest BCUT2D eigenvalue weighted by molar-refractivity contribution is 6.35. The Morgan fingerprint density at radius 2 is 2.29 bits per heavy atom. The van der Waals surface area contributed by atoms with Crippen molar-refractivity contribution in [1.29, 1.82) is 0 Å². The Labute approximate surface area is 105 Å². The molecule has 1 atom stereocenters. The van der Waals surface area contributed by atoms with E-state index in [0.717, 1.165) is 35.6 Å². The average Bonchev–Trinajstić information content (AvgIpc) is 2.82. The zero-order valence-corrected chi connectivity index (χ0v) is 10.5. The van der Waals surface area contributed by atoms with E-state index in [1.807, 2.05) is 18.2 Å². The summed E-state index contributed by atoms with van der Waals surface area (Å²) in [6.07, 6.45) is 1.09. The number of fused-ring (bicyclic) bond motifs is 1. The van der Waals surface area contributed by atoms with Crippen molar-refractivity contribution in [2.45, 2.75) is 12.5 Å². The van der Waals surface area contributed by atoms with E-state index in [0.29, 0.717) is 12.0 Å². The quantitative estimate of drug-likeness (QED) is 0.844. The standard InChI is InChI=1S/C12H15ClN4/c1-16-6-5-8(7-16)17-11-9(13)3-2-4-10(11)15-12(17)14/h2-4,8H,5-7H2,1H3,(H2,14,15). The largest absolute Gasteiger partial charge is 0.369 e. The molecule has 2 heterocycles. The van der Waals surface area contributed by atoms with Crippen LogP contribution >= 0.6 is 11.6 Å². The monoisotopic (exact) mass is 250 g/mol. The minimum absolute atomic E-state index is 0.380. The van der Waals surface area contributed by atoms with Crippen LogP contribution < -0.4 is 5.73 Å². The molecule has 0 spiro atoms.